The molecule has 2 aromatic heterocycles. The smallest absolute Gasteiger partial charge is 0.227 e. The van der Waals surface area contributed by atoms with Gasteiger partial charge in [0.2, 0.25) is 5.91 Å². The van der Waals surface area contributed by atoms with Crippen LogP contribution in [0.1, 0.15) is 35.8 Å². The van der Waals surface area contributed by atoms with Crippen LogP contribution in [0.15, 0.2) is 30.3 Å². The minimum atomic E-state index is 0.0862. The van der Waals surface area contributed by atoms with Crippen molar-refractivity contribution in [1.82, 2.24) is 19.9 Å². The summed E-state index contributed by atoms with van der Waals surface area (Å²) in [7, 11) is 0. The van der Waals surface area contributed by atoms with Crippen molar-refractivity contribution < 1.29 is 4.79 Å². The first kappa shape index (κ1) is 18.3. The number of benzene rings is 1. The molecule has 4 rings (SSSR count). The Bertz CT molecular complexity index is 981. The van der Waals surface area contributed by atoms with E-state index in [4.69, 9.17) is 23.2 Å². The normalized spacial score (nSPS) is 17.4. The number of carbonyl (C=O) groups excluding carboxylic acids is 1. The summed E-state index contributed by atoms with van der Waals surface area (Å²) in [6.45, 7) is 3.38. The molecule has 0 bridgehead atoms. The van der Waals surface area contributed by atoms with Crippen LogP contribution < -0.4 is 0 Å². The summed E-state index contributed by atoms with van der Waals surface area (Å²) in [4.78, 5) is 27.2. The van der Waals surface area contributed by atoms with Crippen molar-refractivity contribution in [2.75, 3.05) is 13.1 Å². The van der Waals surface area contributed by atoms with Crippen LogP contribution in [-0.2, 0) is 11.2 Å². The Kier molecular flexibility index (Phi) is 5.06. The van der Waals surface area contributed by atoms with E-state index < -0.39 is 0 Å². The first-order valence-electron chi connectivity index (χ1n) is 9.04. The SMILES string of the molecule is Cc1ccc2[nH]c(C3CCCN(C(=O)Cc4cc(Cl)cc(Cl)c4)C3)nc2n1. The Hall–Kier alpha value is -2.11. The summed E-state index contributed by atoms with van der Waals surface area (Å²) >= 11 is 12.1. The standard InChI is InChI=1S/C20H20Cl2N4O/c1-12-4-5-17-20(23-12)25-19(24-17)14-3-2-6-26(11-14)18(27)9-13-7-15(21)10-16(22)8-13/h4-5,7-8,10,14H,2-3,6,9,11H2,1H3,(H,23,24,25). The Morgan fingerprint density at radius 2 is 2.00 bits per heavy atom. The first-order chi connectivity index (χ1) is 13.0. The molecule has 7 heteroatoms. The maximum absolute atomic E-state index is 12.8. The molecular formula is C20H20Cl2N4O. The topological polar surface area (TPSA) is 61.9 Å². The average Bonchev–Trinajstić information content (AvgIpc) is 3.04. The molecule has 1 aromatic carbocycles. The van der Waals surface area contributed by atoms with Gasteiger partial charge in [0.15, 0.2) is 5.65 Å². The number of H-pyrrole nitrogens is 1. The van der Waals surface area contributed by atoms with E-state index in [2.05, 4.69) is 15.0 Å². The van der Waals surface area contributed by atoms with Gasteiger partial charge in [0.05, 0.1) is 11.9 Å². The monoisotopic (exact) mass is 402 g/mol. The number of nitrogens with zero attached hydrogens (tertiary/aromatic N) is 3. The highest BCUT2D eigenvalue weighted by Gasteiger charge is 2.27. The molecule has 1 N–H and O–H groups in total. The maximum Gasteiger partial charge on any atom is 0.227 e. The van der Waals surface area contributed by atoms with Gasteiger partial charge in [0.25, 0.3) is 0 Å². The number of piperidine rings is 1. The van der Waals surface area contributed by atoms with Crippen molar-refractivity contribution in [3.63, 3.8) is 0 Å². The lowest BCUT2D eigenvalue weighted by Crippen LogP contribution is -2.40. The zero-order chi connectivity index (χ0) is 19.0. The number of likely N-dealkylation sites (tertiary alicyclic amines) is 1. The summed E-state index contributed by atoms with van der Waals surface area (Å²) in [5, 5.41) is 1.10. The van der Waals surface area contributed by atoms with Crippen LogP contribution in [0.5, 0.6) is 0 Å². The molecule has 1 atom stereocenters. The van der Waals surface area contributed by atoms with Gasteiger partial charge < -0.3 is 9.88 Å². The van der Waals surface area contributed by atoms with Crippen molar-refractivity contribution in [2.45, 2.75) is 32.1 Å². The van der Waals surface area contributed by atoms with E-state index in [0.717, 1.165) is 47.6 Å². The number of fused-ring (bicyclic) bond motifs is 1. The second-order valence-electron chi connectivity index (χ2n) is 7.08. The van der Waals surface area contributed by atoms with Crippen LogP contribution in [0.2, 0.25) is 10.0 Å². The van der Waals surface area contributed by atoms with Gasteiger partial charge in [0, 0.05) is 34.7 Å². The highest BCUT2D eigenvalue weighted by molar-refractivity contribution is 6.34. The molecule has 1 aliphatic heterocycles. The molecule has 27 heavy (non-hydrogen) atoms. The number of imidazole rings is 1. The number of hydrogen-bond donors (Lipinski definition) is 1. The third-order valence-corrected chi connectivity index (χ3v) is 5.38. The molecule has 3 heterocycles. The Morgan fingerprint density at radius 1 is 1.22 bits per heavy atom. The van der Waals surface area contributed by atoms with Crippen molar-refractivity contribution in [2.24, 2.45) is 0 Å². The van der Waals surface area contributed by atoms with E-state index in [0.29, 0.717) is 23.0 Å². The third kappa shape index (κ3) is 4.09. The molecule has 5 nitrogen and oxygen atoms in total. The molecule has 1 aliphatic rings. The van der Waals surface area contributed by atoms with Crippen LogP contribution in [0.4, 0.5) is 0 Å². The summed E-state index contributed by atoms with van der Waals surface area (Å²) in [6, 6.07) is 9.23. The molecule has 0 spiro atoms. The van der Waals surface area contributed by atoms with Crippen LogP contribution >= 0.6 is 23.2 Å². The number of aryl methyl sites for hydroxylation is 1. The minimum absolute atomic E-state index is 0.0862. The summed E-state index contributed by atoms with van der Waals surface area (Å²) in [6.07, 6.45) is 2.26. The Labute approximate surface area is 167 Å². The minimum Gasteiger partial charge on any atom is -0.342 e. The van der Waals surface area contributed by atoms with E-state index in [9.17, 15) is 4.79 Å². The van der Waals surface area contributed by atoms with Crippen LogP contribution in [-0.4, -0.2) is 38.8 Å². The van der Waals surface area contributed by atoms with Crippen molar-refractivity contribution >= 4 is 40.3 Å². The highest BCUT2D eigenvalue weighted by Crippen LogP contribution is 2.27. The molecular weight excluding hydrogens is 383 g/mol. The fourth-order valence-corrected chi connectivity index (χ4v) is 4.20. The lowest BCUT2D eigenvalue weighted by atomic mass is 9.96. The predicted octanol–water partition coefficient (Wildman–Crippen LogP) is 4.52. The molecule has 0 saturated carbocycles. The number of rotatable bonds is 3. The largest absolute Gasteiger partial charge is 0.342 e. The number of pyridine rings is 1. The van der Waals surface area contributed by atoms with Gasteiger partial charge >= 0.3 is 0 Å². The van der Waals surface area contributed by atoms with Gasteiger partial charge in [-0.15, -0.1) is 0 Å². The van der Waals surface area contributed by atoms with Gasteiger partial charge in [-0.2, -0.15) is 0 Å². The van der Waals surface area contributed by atoms with E-state index in [-0.39, 0.29) is 11.8 Å². The van der Waals surface area contributed by atoms with E-state index in [1.165, 1.54) is 0 Å². The van der Waals surface area contributed by atoms with Gasteiger partial charge in [0.1, 0.15) is 5.82 Å². The molecule has 3 aromatic rings. The van der Waals surface area contributed by atoms with Gasteiger partial charge in [-0.3, -0.25) is 4.79 Å². The number of halogens is 2. The fraction of sp³-hybridized carbons (Fsp3) is 0.350. The first-order valence-corrected chi connectivity index (χ1v) is 9.79. The van der Waals surface area contributed by atoms with Crippen LogP contribution in [0.3, 0.4) is 0 Å². The number of nitrogens with one attached hydrogen (secondary N) is 1. The number of carbonyl (C=O) groups is 1. The molecule has 140 valence electrons. The lowest BCUT2D eigenvalue weighted by molar-refractivity contribution is -0.131. The second kappa shape index (κ2) is 7.49. The Morgan fingerprint density at radius 3 is 2.78 bits per heavy atom. The van der Waals surface area contributed by atoms with Gasteiger partial charge in [-0.1, -0.05) is 23.2 Å². The van der Waals surface area contributed by atoms with Gasteiger partial charge in [-0.25, -0.2) is 9.97 Å². The molecule has 1 saturated heterocycles. The highest BCUT2D eigenvalue weighted by atomic mass is 35.5. The number of hydrogen-bond acceptors (Lipinski definition) is 3. The molecule has 0 aliphatic carbocycles. The molecule has 1 fully saturated rings. The third-order valence-electron chi connectivity index (χ3n) is 4.94. The van der Waals surface area contributed by atoms with Crippen LogP contribution in [0, 0.1) is 6.92 Å². The molecule has 1 amide bonds. The van der Waals surface area contributed by atoms with Crippen molar-refractivity contribution in [3.8, 4) is 0 Å². The number of amides is 1. The van der Waals surface area contributed by atoms with Crippen LogP contribution in [0.25, 0.3) is 11.2 Å². The second-order valence-corrected chi connectivity index (χ2v) is 7.95. The molecule has 1 unspecified atom stereocenters. The summed E-state index contributed by atoms with van der Waals surface area (Å²) in [5.74, 6) is 1.19. The molecule has 0 radical (unpaired) electrons. The van der Waals surface area contributed by atoms with E-state index in [1.54, 1.807) is 18.2 Å². The fourth-order valence-electron chi connectivity index (χ4n) is 3.63. The summed E-state index contributed by atoms with van der Waals surface area (Å²) < 4.78 is 0. The summed E-state index contributed by atoms with van der Waals surface area (Å²) in [5.41, 5.74) is 3.46. The maximum atomic E-state index is 12.8. The van der Waals surface area contributed by atoms with Crippen molar-refractivity contribution in [1.29, 1.82) is 0 Å². The average molecular weight is 403 g/mol. The Balaban J connectivity index is 1.48. The predicted molar refractivity (Wildman–Crippen MR) is 107 cm³/mol. The lowest BCUT2D eigenvalue weighted by Gasteiger charge is -2.32. The quantitative estimate of drug-likeness (QED) is 0.700. The van der Waals surface area contributed by atoms with E-state index in [1.807, 2.05) is 24.0 Å². The van der Waals surface area contributed by atoms with Gasteiger partial charge in [-0.05, 0) is 55.7 Å². The zero-order valence-electron chi connectivity index (χ0n) is 15.0. The zero-order valence-corrected chi connectivity index (χ0v) is 16.5. The van der Waals surface area contributed by atoms with E-state index >= 15 is 0 Å². The number of aromatic amines is 1. The number of aromatic nitrogens is 3. The van der Waals surface area contributed by atoms with Crippen molar-refractivity contribution in [3.05, 3.63) is 57.5 Å².